The Morgan fingerprint density at radius 3 is 2.07 bits per heavy atom. The largest absolute Gasteiger partial charge is 0.323 e. The van der Waals surface area contributed by atoms with Crippen molar-refractivity contribution in [2.75, 3.05) is 10.6 Å². The second-order valence-corrected chi connectivity index (χ2v) is 5.74. The third-order valence-electron chi connectivity index (χ3n) is 3.77. The Hall–Kier alpha value is -3.73. The average Bonchev–Trinajstić information content (AvgIpc) is 2.69. The van der Waals surface area contributed by atoms with Crippen LogP contribution in [0.15, 0.2) is 84.9 Å². The molecule has 0 aliphatic carbocycles. The molecule has 2 N–H and O–H groups in total. The predicted octanol–water partition coefficient (Wildman–Crippen LogP) is 4.73. The number of amides is 2. The topological polar surface area (TPSA) is 58.2 Å². The standard InChI is InChI=1S/C22H17FN2O2/c23-20-9-5-4-6-16(20)12-15-21(26)24-19-13-10-17(11-14-19)22(27)25-18-7-2-1-3-8-18/h1-15H,(H,24,26)(H,25,27)/b15-12+. The maximum absolute atomic E-state index is 13.5. The quantitative estimate of drug-likeness (QED) is 0.646. The lowest BCUT2D eigenvalue weighted by atomic mass is 10.2. The molecular formula is C22H17FN2O2. The van der Waals surface area contributed by atoms with Crippen LogP contribution in [0.5, 0.6) is 0 Å². The number of nitrogens with one attached hydrogen (secondary N) is 2. The van der Waals surface area contributed by atoms with Gasteiger partial charge in [-0.15, -0.1) is 0 Å². The van der Waals surface area contributed by atoms with Gasteiger partial charge in [-0.05, 0) is 48.5 Å². The zero-order chi connectivity index (χ0) is 19.1. The van der Waals surface area contributed by atoms with E-state index in [1.165, 1.54) is 18.2 Å². The lowest BCUT2D eigenvalue weighted by molar-refractivity contribution is -0.111. The van der Waals surface area contributed by atoms with E-state index in [1.807, 2.05) is 18.2 Å². The van der Waals surface area contributed by atoms with Crippen LogP contribution in [0.4, 0.5) is 15.8 Å². The van der Waals surface area contributed by atoms with E-state index in [-0.39, 0.29) is 11.8 Å². The second kappa shape index (κ2) is 8.58. The van der Waals surface area contributed by atoms with Gasteiger partial charge in [0.25, 0.3) is 5.91 Å². The van der Waals surface area contributed by atoms with Crippen molar-refractivity contribution >= 4 is 29.3 Å². The number of hydrogen-bond acceptors (Lipinski definition) is 2. The van der Waals surface area contributed by atoms with Crippen molar-refractivity contribution in [3.05, 3.63) is 102 Å². The van der Waals surface area contributed by atoms with Crippen LogP contribution < -0.4 is 10.6 Å². The first-order valence-electron chi connectivity index (χ1n) is 8.32. The number of para-hydroxylation sites is 1. The molecule has 3 aromatic rings. The van der Waals surface area contributed by atoms with Crippen molar-refractivity contribution in [2.45, 2.75) is 0 Å². The van der Waals surface area contributed by atoms with E-state index in [0.717, 1.165) is 0 Å². The number of carbonyl (C=O) groups excluding carboxylic acids is 2. The summed E-state index contributed by atoms with van der Waals surface area (Å²) in [4.78, 5) is 24.2. The van der Waals surface area contributed by atoms with E-state index >= 15 is 0 Å². The van der Waals surface area contributed by atoms with Gasteiger partial charge in [0, 0.05) is 28.6 Å². The Balaban J connectivity index is 1.59. The van der Waals surface area contributed by atoms with Gasteiger partial charge in [0.15, 0.2) is 0 Å². The van der Waals surface area contributed by atoms with Gasteiger partial charge < -0.3 is 10.6 Å². The van der Waals surface area contributed by atoms with E-state index in [1.54, 1.807) is 54.6 Å². The van der Waals surface area contributed by atoms with Crippen LogP contribution in [-0.4, -0.2) is 11.8 Å². The highest BCUT2D eigenvalue weighted by molar-refractivity contribution is 6.05. The molecule has 3 rings (SSSR count). The first-order valence-corrected chi connectivity index (χ1v) is 8.32. The van der Waals surface area contributed by atoms with Crippen LogP contribution in [0, 0.1) is 5.82 Å². The lowest BCUT2D eigenvalue weighted by Gasteiger charge is -2.06. The van der Waals surface area contributed by atoms with Gasteiger partial charge in [-0.3, -0.25) is 9.59 Å². The normalized spacial score (nSPS) is 10.6. The van der Waals surface area contributed by atoms with Crippen molar-refractivity contribution in [2.24, 2.45) is 0 Å². The summed E-state index contributed by atoms with van der Waals surface area (Å²) in [5.74, 6) is -1.02. The second-order valence-electron chi connectivity index (χ2n) is 5.74. The van der Waals surface area contributed by atoms with Gasteiger partial charge in [0.1, 0.15) is 5.82 Å². The summed E-state index contributed by atoms with van der Waals surface area (Å²) in [5.41, 5.74) is 2.05. The van der Waals surface area contributed by atoms with Crippen LogP contribution in [0.25, 0.3) is 6.08 Å². The van der Waals surface area contributed by atoms with E-state index in [2.05, 4.69) is 10.6 Å². The van der Waals surface area contributed by atoms with Gasteiger partial charge in [-0.25, -0.2) is 4.39 Å². The monoisotopic (exact) mass is 360 g/mol. The number of rotatable bonds is 5. The van der Waals surface area contributed by atoms with Crippen molar-refractivity contribution in [3.8, 4) is 0 Å². The first kappa shape index (κ1) is 18.1. The zero-order valence-electron chi connectivity index (χ0n) is 14.4. The number of benzene rings is 3. The minimum atomic E-state index is -0.393. The Morgan fingerprint density at radius 1 is 0.741 bits per heavy atom. The van der Waals surface area contributed by atoms with Gasteiger partial charge in [0.05, 0.1) is 0 Å². The number of anilines is 2. The van der Waals surface area contributed by atoms with E-state index in [0.29, 0.717) is 22.5 Å². The lowest BCUT2D eigenvalue weighted by Crippen LogP contribution is -2.12. The van der Waals surface area contributed by atoms with E-state index in [9.17, 15) is 14.0 Å². The molecule has 0 aliphatic heterocycles. The number of hydrogen-bond donors (Lipinski definition) is 2. The molecule has 27 heavy (non-hydrogen) atoms. The van der Waals surface area contributed by atoms with E-state index < -0.39 is 5.82 Å². The Kier molecular flexibility index (Phi) is 5.74. The van der Waals surface area contributed by atoms with Crippen LogP contribution >= 0.6 is 0 Å². The summed E-state index contributed by atoms with van der Waals surface area (Å²) in [7, 11) is 0. The minimum absolute atomic E-state index is 0.237. The fourth-order valence-electron chi connectivity index (χ4n) is 2.39. The molecule has 0 radical (unpaired) electrons. The number of carbonyl (C=O) groups is 2. The molecule has 3 aromatic carbocycles. The van der Waals surface area contributed by atoms with Gasteiger partial charge >= 0.3 is 0 Å². The van der Waals surface area contributed by atoms with Gasteiger partial charge in [0.2, 0.25) is 5.91 Å². The molecule has 0 spiro atoms. The fourth-order valence-corrected chi connectivity index (χ4v) is 2.39. The molecule has 0 bridgehead atoms. The molecule has 0 aliphatic rings. The molecule has 2 amide bonds. The van der Waals surface area contributed by atoms with Crippen LogP contribution in [-0.2, 0) is 4.79 Å². The smallest absolute Gasteiger partial charge is 0.255 e. The highest BCUT2D eigenvalue weighted by Gasteiger charge is 2.06. The highest BCUT2D eigenvalue weighted by atomic mass is 19.1. The molecule has 134 valence electrons. The van der Waals surface area contributed by atoms with Crippen molar-refractivity contribution in [3.63, 3.8) is 0 Å². The fraction of sp³-hybridized carbons (Fsp3) is 0. The molecule has 0 saturated carbocycles. The van der Waals surface area contributed by atoms with Gasteiger partial charge in [-0.2, -0.15) is 0 Å². The Labute approximate surface area is 156 Å². The summed E-state index contributed by atoms with van der Waals surface area (Å²) < 4.78 is 13.5. The molecule has 0 heterocycles. The third kappa shape index (κ3) is 5.12. The molecular weight excluding hydrogens is 343 g/mol. The first-order chi connectivity index (χ1) is 13.1. The molecule has 0 fully saturated rings. The highest BCUT2D eigenvalue weighted by Crippen LogP contribution is 2.13. The Bertz CT molecular complexity index is 967. The summed E-state index contributed by atoms with van der Waals surface area (Å²) in [6.45, 7) is 0. The van der Waals surface area contributed by atoms with E-state index in [4.69, 9.17) is 0 Å². The minimum Gasteiger partial charge on any atom is -0.323 e. The van der Waals surface area contributed by atoms with Crippen molar-refractivity contribution in [1.29, 1.82) is 0 Å². The summed E-state index contributed by atoms with van der Waals surface area (Å²) in [5, 5.41) is 5.46. The third-order valence-corrected chi connectivity index (χ3v) is 3.77. The maximum atomic E-state index is 13.5. The van der Waals surface area contributed by atoms with Crippen molar-refractivity contribution < 1.29 is 14.0 Å². The summed E-state index contributed by atoms with van der Waals surface area (Å²) in [6, 6.07) is 21.8. The van der Waals surface area contributed by atoms with Crippen LogP contribution in [0.1, 0.15) is 15.9 Å². The summed E-state index contributed by atoms with van der Waals surface area (Å²) in [6.07, 6.45) is 2.67. The van der Waals surface area contributed by atoms with Crippen molar-refractivity contribution in [1.82, 2.24) is 0 Å². The molecule has 0 unspecified atom stereocenters. The molecule has 0 saturated heterocycles. The molecule has 4 nitrogen and oxygen atoms in total. The van der Waals surface area contributed by atoms with Crippen LogP contribution in [0.2, 0.25) is 0 Å². The average molecular weight is 360 g/mol. The molecule has 5 heteroatoms. The summed E-state index contributed by atoms with van der Waals surface area (Å²) >= 11 is 0. The van der Waals surface area contributed by atoms with Crippen LogP contribution in [0.3, 0.4) is 0 Å². The molecule has 0 aromatic heterocycles. The maximum Gasteiger partial charge on any atom is 0.255 e. The zero-order valence-corrected chi connectivity index (χ0v) is 14.4. The number of halogens is 1. The molecule has 0 atom stereocenters. The SMILES string of the molecule is O=C(/C=C/c1ccccc1F)Nc1ccc(C(=O)Nc2ccccc2)cc1. The van der Waals surface area contributed by atoms with Gasteiger partial charge in [-0.1, -0.05) is 36.4 Å². The predicted molar refractivity (Wildman–Crippen MR) is 105 cm³/mol. The Morgan fingerprint density at radius 2 is 1.37 bits per heavy atom.